The van der Waals surface area contributed by atoms with Gasteiger partial charge in [-0.15, -0.1) is 0 Å². The zero-order valence-electron chi connectivity index (χ0n) is 11.4. The molecule has 1 aliphatic rings. The van der Waals surface area contributed by atoms with E-state index in [4.69, 9.17) is 14.0 Å². The summed E-state index contributed by atoms with van der Waals surface area (Å²) in [5.41, 5.74) is 0. The Bertz CT molecular complexity index is 454. The van der Waals surface area contributed by atoms with Crippen molar-refractivity contribution in [3.63, 3.8) is 0 Å². The molecule has 1 aromatic rings. The standard InChI is InChI=1S/C11H19N2O6P/c1-9-11(19-20(14,15)16-2)10(7-18-9)17-6-5-13-4-3-12-8-13/h3-4,8-11H,5-7H2,1-2H3,(H,14,15)/t9-,10?,11+/m1/s1. The van der Waals surface area contributed by atoms with Gasteiger partial charge in [0.15, 0.2) is 0 Å². The summed E-state index contributed by atoms with van der Waals surface area (Å²) in [7, 11) is -2.93. The molecule has 1 aliphatic heterocycles. The van der Waals surface area contributed by atoms with Crippen molar-refractivity contribution < 1.29 is 28.0 Å². The predicted octanol–water partition coefficient (Wildman–Crippen LogP) is 0.819. The van der Waals surface area contributed by atoms with Gasteiger partial charge in [0.1, 0.15) is 12.2 Å². The molecule has 0 spiro atoms. The molecule has 0 saturated carbocycles. The van der Waals surface area contributed by atoms with Crippen molar-refractivity contribution in [2.24, 2.45) is 0 Å². The van der Waals surface area contributed by atoms with Crippen LogP contribution in [0.4, 0.5) is 0 Å². The van der Waals surface area contributed by atoms with Gasteiger partial charge in [-0.05, 0) is 6.92 Å². The van der Waals surface area contributed by atoms with Gasteiger partial charge < -0.3 is 18.9 Å². The van der Waals surface area contributed by atoms with Gasteiger partial charge in [0.2, 0.25) is 0 Å². The minimum absolute atomic E-state index is 0.319. The number of ether oxygens (including phenoxy) is 2. The summed E-state index contributed by atoms with van der Waals surface area (Å²) in [5, 5.41) is 0. The highest BCUT2D eigenvalue weighted by atomic mass is 31.2. The predicted molar refractivity (Wildman–Crippen MR) is 69.1 cm³/mol. The first-order valence-corrected chi connectivity index (χ1v) is 7.77. The highest BCUT2D eigenvalue weighted by Crippen LogP contribution is 2.45. The van der Waals surface area contributed by atoms with Crippen molar-refractivity contribution in [3.8, 4) is 0 Å². The van der Waals surface area contributed by atoms with E-state index in [0.29, 0.717) is 19.8 Å². The smallest absolute Gasteiger partial charge is 0.373 e. The van der Waals surface area contributed by atoms with E-state index < -0.39 is 20.0 Å². The molecular weight excluding hydrogens is 287 g/mol. The molecule has 0 bridgehead atoms. The SMILES string of the molecule is COP(=O)(O)O[C@@H]1C(OCCn2ccnc2)CO[C@@H]1C. The van der Waals surface area contributed by atoms with Crippen LogP contribution >= 0.6 is 7.82 Å². The normalized spacial score (nSPS) is 29.4. The molecule has 1 fully saturated rings. The van der Waals surface area contributed by atoms with Gasteiger partial charge in [0.05, 0.1) is 25.6 Å². The molecule has 2 unspecified atom stereocenters. The second-order valence-corrected chi connectivity index (χ2v) is 5.98. The fraction of sp³-hybridized carbons (Fsp3) is 0.727. The van der Waals surface area contributed by atoms with Crippen LogP contribution in [-0.2, 0) is 29.6 Å². The lowest BCUT2D eigenvalue weighted by Crippen LogP contribution is -2.33. The monoisotopic (exact) mass is 306 g/mol. The van der Waals surface area contributed by atoms with Gasteiger partial charge in [0.25, 0.3) is 0 Å². The second-order valence-electron chi connectivity index (χ2n) is 4.47. The number of hydrogen-bond acceptors (Lipinski definition) is 6. The quantitative estimate of drug-likeness (QED) is 0.745. The molecule has 4 atom stereocenters. The molecule has 8 nitrogen and oxygen atoms in total. The maximum Gasteiger partial charge on any atom is 0.472 e. The molecule has 0 radical (unpaired) electrons. The summed E-state index contributed by atoms with van der Waals surface area (Å²) in [5.74, 6) is 0. The number of imidazole rings is 1. The Hall–Kier alpha value is -0.760. The Balaban J connectivity index is 1.84. The third-order valence-corrected chi connectivity index (χ3v) is 4.05. The van der Waals surface area contributed by atoms with Crippen molar-refractivity contribution >= 4 is 7.82 Å². The average Bonchev–Trinajstić information content (AvgIpc) is 3.03. The van der Waals surface area contributed by atoms with Gasteiger partial charge in [-0.3, -0.25) is 9.05 Å². The van der Waals surface area contributed by atoms with E-state index in [9.17, 15) is 9.46 Å². The van der Waals surface area contributed by atoms with Crippen molar-refractivity contribution in [2.45, 2.75) is 31.8 Å². The average molecular weight is 306 g/mol. The van der Waals surface area contributed by atoms with Crippen molar-refractivity contribution in [2.75, 3.05) is 20.3 Å². The van der Waals surface area contributed by atoms with Crippen molar-refractivity contribution in [3.05, 3.63) is 18.7 Å². The summed E-state index contributed by atoms with van der Waals surface area (Å²) >= 11 is 0. The summed E-state index contributed by atoms with van der Waals surface area (Å²) < 4.78 is 33.9. The van der Waals surface area contributed by atoms with Crippen LogP contribution in [0.1, 0.15) is 6.92 Å². The zero-order valence-corrected chi connectivity index (χ0v) is 12.3. The maximum absolute atomic E-state index is 11.5. The first-order valence-electron chi connectivity index (χ1n) is 6.28. The first kappa shape index (κ1) is 15.6. The van der Waals surface area contributed by atoms with E-state index in [1.807, 2.05) is 10.8 Å². The summed E-state index contributed by atoms with van der Waals surface area (Å²) in [4.78, 5) is 13.3. The Kier molecular flexibility index (Phi) is 5.31. The van der Waals surface area contributed by atoms with Crippen LogP contribution in [0.5, 0.6) is 0 Å². The third kappa shape index (κ3) is 4.12. The molecular formula is C11H19N2O6P. The highest BCUT2D eigenvalue weighted by molar-refractivity contribution is 7.47. The third-order valence-electron chi connectivity index (χ3n) is 3.08. The minimum Gasteiger partial charge on any atom is -0.373 e. The van der Waals surface area contributed by atoms with E-state index >= 15 is 0 Å². The van der Waals surface area contributed by atoms with Gasteiger partial charge in [-0.25, -0.2) is 9.55 Å². The van der Waals surface area contributed by atoms with Crippen LogP contribution in [0.15, 0.2) is 18.7 Å². The van der Waals surface area contributed by atoms with Crippen LogP contribution in [0, 0.1) is 0 Å². The molecule has 1 N–H and O–H groups in total. The number of aromatic nitrogens is 2. The molecule has 1 aromatic heterocycles. The van der Waals surface area contributed by atoms with E-state index in [1.165, 1.54) is 0 Å². The van der Waals surface area contributed by atoms with Gasteiger partial charge in [0, 0.05) is 26.0 Å². The summed E-state index contributed by atoms with van der Waals surface area (Å²) in [6, 6.07) is 0. The van der Waals surface area contributed by atoms with Crippen LogP contribution in [0.3, 0.4) is 0 Å². The molecule has 2 rings (SSSR count). The second kappa shape index (κ2) is 6.80. The Morgan fingerprint density at radius 1 is 1.60 bits per heavy atom. The molecule has 1 saturated heterocycles. The van der Waals surface area contributed by atoms with Crippen LogP contribution < -0.4 is 0 Å². The minimum atomic E-state index is -4.05. The number of phosphoric acid groups is 1. The molecule has 9 heteroatoms. The van der Waals surface area contributed by atoms with E-state index in [0.717, 1.165) is 7.11 Å². The Morgan fingerprint density at radius 3 is 3.05 bits per heavy atom. The zero-order chi connectivity index (χ0) is 14.6. The fourth-order valence-corrected chi connectivity index (χ4v) is 2.66. The Morgan fingerprint density at radius 2 is 2.40 bits per heavy atom. The lowest BCUT2D eigenvalue weighted by molar-refractivity contribution is -0.0200. The van der Waals surface area contributed by atoms with E-state index in [1.54, 1.807) is 19.4 Å². The Labute approximate surface area is 117 Å². The van der Waals surface area contributed by atoms with Crippen LogP contribution in [-0.4, -0.2) is 53.1 Å². The fourth-order valence-electron chi connectivity index (χ4n) is 1.96. The lowest BCUT2D eigenvalue weighted by atomic mass is 10.2. The van der Waals surface area contributed by atoms with E-state index in [-0.39, 0.29) is 6.10 Å². The number of rotatable bonds is 7. The number of hydrogen-bond donors (Lipinski definition) is 1. The summed E-state index contributed by atoms with van der Waals surface area (Å²) in [6.07, 6.45) is 3.85. The van der Waals surface area contributed by atoms with Gasteiger partial charge >= 0.3 is 7.82 Å². The molecule has 0 aromatic carbocycles. The maximum atomic E-state index is 11.5. The highest BCUT2D eigenvalue weighted by Gasteiger charge is 2.41. The van der Waals surface area contributed by atoms with Crippen molar-refractivity contribution in [1.29, 1.82) is 0 Å². The van der Waals surface area contributed by atoms with Crippen LogP contribution in [0.2, 0.25) is 0 Å². The molecule has 0 amide bonds. The number of phosphoric ester groups is 1. The molecule has 114 valence electrons. The van der Waals surface area contributed by atoms with Crippen LogP contribution in [0.25, 0.3) is 0 Å². The summed E-state index contributed by atoms with van der Waals surface area (Å²) in [6.45, 7) is 3.15. The van der Waals surface area contributed by atoms with Crippen molar-refractivity contribution in [1.82, 2.24) is 9.55 Å². The largest absolute Gasteiger partial charge is 0.472 e. The molecule has 2 heterocycles. The van der Waals surface area contributed by atoms with E-state index in [2.05, 4.69) is 9.51 Å². The number of nitrogens with zero attached hydrogens (tertiary/aromatic N) is 2. The molecule has 20 heavy (non-hydrogen) atoms. The van der Waals surface area contributed by atoms with Gasteiger partial charge in [-0.2, -0.15) is 0 Å². The topological polar surface area (TPSA) is 92.0 Å². The first-order chi connectivity index (χ1) is 9.52. The van der Waals surface area contributed by atoms with Gasteiger partial charge in [-0.1, -0.05) is 0 Å². The molecule has 0 aliphatic carbocycles. The lowest BCUT2D eigenvalue weighted by Gasteiger charge is -2.23.